The Bertz CT molecular complexity index is 646. The molecule has 0 unspecified atom stereocenters. The molecule has 0 radical (unpaired) electrons. The van der Waals surface area contributed by atoms with Gasteiger partial charge in [0.05, 0.1) is 6.54 Å². The number of benzene rings is 2. The van der Waals surface area contributed by atoms with Crippen molar-refractivity contribution in [2.24, 2.45) is 0 Å². The van der Waals surface area contributed by atoms with Crippen LogP contribution in [-0.2, 0) is 11.3 Å². The number of nitrogens with zero attached hydrogens (tertiary/aromatic N) is 2. The number of anilines is 1. The van der Waals surface area contributed by atoms with Crippen LogP contribution in [-0.4, -0.2) is 44.5 Å². The summed E-state index contributed by atoms with van der Waals surface area (Å²) in [7, 11) is 3.93. The molecule has 0 aliphatic rings. The predicted octanol–water partition coefficient (Wildman–Crippen LogP) is 2.90. The molecule has 0 heterocycles. The topological polar surface area (TPSA) is 35.6 Å². The Morgan fingerprint density at radius 3 is 2.40 bits per heavy atom. The molecule has 0 aliphatic carbocycles. The summed E-state index contributed by atoms with van der Waals surface area (Å²) in [6.45, 7) is 2.48. The van der Waals surface area contributed by atoms with Gasteiger partial charge in [0.25, 0.3) is 0 Å². The third kappa shape index (κ3) is 6.93. The van der Waals surface area contributed by atoms with E-state index in [1.807, 2.05) is 37.2 Å². The van der Waals surface area contributed by atoms with Crippen molar-refractivity contribution in [1.82, 2.24) is 10.2 Å². The van der Waals surface area contributed by atoms with Crippen LogP contribution in [0.2, 0.25) is 0 Å². The Morgan fingerprint density at radius 2 is 1.72 bits per heavy atom. The maximum absolute atomic E-state index is 12.9. The van der Waals surface area contributed by atoms with Crippen molar-refractivity contribution >= 4 is 11.6 Å². The highest BCUT2D eigenvalue weighted by molar-refractivity contribution is 5.77. The number of rotatable bonds is 9. The minimum absolute atomic E-state index is 0.00646. The number of hydrogen-bond donors (Lipinski definition) is 1. The smallest absolute Gasteiger partial charge is 0.234 e. The summed E-state index contributed by atoms with van der Waals surface area (Å²) in [6, 6.07) is 16.5. The molecule has 2 aromatic carbocycles. The van der Waals surface area contributed by atoms with E-state index in [0.29, 0.717) is 19.6 Å². The number of amides is 1. The quantitative estimate of drug-likeness (QED) is 0.711. The van der Waals surface area contributed by atoms with Gasteiger partial charge in [0, 0.05) is 32.4 Å². The van der Waals surface area contributed by atoms with Crippen LogP contribution in [0, 0.1) is 5.82 Å². The van der Waals surface area contributed by atoms with Gasteiger partial charge >= 0.3 is 0 Å². The van der Waals surface area contributed by atoms with Gasteiger partial charge in [-0.15, -0.1) is 0 Å². The zero-order valence-electron chi connectivity index (χ0n) is 14.9. The lowest BCUT2D eigenvalue weighted by molar-refractivity contribution is -0.122. The summed E-state index contributed by atoms with van der Waals surface area (Å²) in [5.41, 5.74) is 2.16. The second kappa shape index (κ2) is 9.79. The van der Waals surface area contributed by atoms with Gasteiger partial charge < -0.3 is 10.2 Å². The molecule has 0 atom stereocenters. The van der Waals surface area contributed by atoms with Gasteiger partial charge in [0.15, 0.2) is 0 Å². The maximum atomic E-state index is 12.9. The van der Waals surface area contributed by atoms with Crippen molar-refractivity contribution in [2.75, 3.05) is 38.6 Å². The van der Waals surface area contributed by atoms with Gasteiger partial charge in [-0.3, -0.25) is 9.69 Å². The average Bonchev–Trinajstić information content (AvgIpc) is 2.61. The molecule has 1 amide bonds. The molecule has 0 aromatic heterocycles. The van der Waals surface area contributed by atoms with Crippen molar-refractivity contribution in [3.05, 3.63) is 66.0 Å². The van der Waals surface area contributed by atoms with Gasteiger partial charge in [-0.1, -0.05) is 30.3 Å². The van der Waals surface area contributed by atoms with Crippen LogP contribution in [0.5, 0.6) is 0 Å². The van der Waals surface area contributed by atoms with Gasteiger partial charge in [-0.05, 0) is 43.3 Å². The molecule has 5 heteroatoms. The van der Waals surface area contributed by atoms with Crippen molar-refractivity contribution in [3.63, 3.8) is 0 Å². The Balaban J connectivity index is 1.62. The molecular formula is C20H26FN3O. The van der Waals surface area contributed by atoms with Crippen LogP contribution in [0.25, 0.3) is 0 Å². The molecule has 0 spiro atoms. The molecule has 0 saturated heterocycles. The van der Waals surface area contributed by atoms with E-state index in [0.717, 1.165) is 18.5 Å². The first-order valence-corrected chi connectivity index (χ1v) is 8.50. The molecular weight excluding hydrogens is 317 g/mol. The highest BCUT2D eigenvalue weighted by atomic mass is 19.1. The normalized spacial score (nSPS) is 10.7. The fraction of sp³-hybridized carbons (Fsp3) is 0.350. The third-order valence-corrected chi connectivity index (χ3v) is 3.97. The summed E-state index contributed by atoms with van der Waals surface area (Å²) < 4.78 is 12.9. The SMILES string of the molecule is CN(CC(=O)NCCCN(C)c1ccccc1)Cc1ccc(F)cc1. The van der Waals surface area contributed by atoms with E-state index >= 15 is 0 Å². The summed E-state index contributed by atoms with van der Waals surface area (Å²) in [6.07, 6.45) is 0.888. The van der Waals surface area contributed by atoms with Crippen molar-refractivity contribution in [1.29, 1.82) is 0 Å². The summed E-state index contributed by atoms with van der Waals surface area (Å²) in [5, 5.41) is 2.95. The van der Waals surface area contributed by atoms with Crippen molar-refractivity contribution < 1.29 is 9.18 Å². The fourth-order valence-corrected chi connectivity index (χ4v) is 2.61. The van der Waals surface area contributed by atoms with E-state index in [4.69, 9.17) is 0 Å². The third-order valence-electron chi connectivity index (χ3n) is 3.97. The second-order valence-corrected chi connectivity index (χ2v) is 6.26. The minimum atomic E-state index is -0.246. The molecule has 0 aliphatic heterocycles. The predicted molar refractivity (Wildman–Crippen MR) is 100 cm³/mol. The Labute approximate surface area is 149 Å². The molecule has 0 fully saturated rings. The average molecular weight is 343 g/mol. The van der Waals surface area contributed by atoms with E-state index in [2.05, 4.69) is 22.3 Å². The Morgan fingerprint density at radius 1 is 1.04 bits per heavy atom. The summed E-state index contributed by atoms with van der Waals surface area (Å²) in [5.74, 6) is -0.239. The second-order valence-electron chi connectivity index (χ2n) is 6.26. The lowest BCUT2D eigenvalue weighted by Crippen LogP contribution is -2.36. The van der Waals surface area contributed by atoms with Crippen LogP contribution >= 0.6 is 0 Å². The molecule has 0 bridgehead atoms. The number of carbonyl (C=O) groups is 1. The maximum Gasteiger partial charge on any atom is 0.234 e. The number of carbonyl (C=O) groups excluding carboxylic acids is 1. The first-order chi connectivity index (χ1) is 12.0. The molecule has 1 N–H and O–H groups in total. The number of hydrogen-bond acceptors (Lipinski definition) is 3. The first kappa shape index (κ1) is 18.9. The zero-order chi connectivity index (χ0) is 18.1. The highest BCUT2D eigenvalue weighted by Crippen LogP contribution is 2.10. The standard InChI is InChI=1S/C20H26FN3O/c1-23(15-17-9-11-18(21)12-10-17)16-20(25)22-13-6-14-24(2)19-7-4-3-5-8-19/h3-5,7-12H,6,13-16H2,1-2H3,(H,22,25). The molecule has 0 saturated carbocycles. The van der Waals surface area contributed by atoms with Gasteiger partial charge in [-0.2, -0.15) is 0 Å². The molecule has 2 aromatic rings. The molecule has 25 heavy (non-hydrogen) atoms. The minimum Gasteiger partial charge on any atom is -0.375 e. The van der Waals surface area contributed by atoms with Gasteiger partial charge in [0.2, 0.25) is 5.91 Å². The zero-order valence-corrected chi connectivity index (χ0v) is 14.9. The van der Waals surface area contributed by atoms with Crippen molar-refractivity contribution in [2.45, 2.75) is 13.0 Å². The van der Waals surface area contributed by atoms with Crippen LogP contribution in [0.4, 0.5) is 10.1 Å². The fourth-order valence-electron chi connectivity index (χ4n) is 2.61. The number of halogens is 1. The van der Waals surface area contributed by atoms with E-state index in [1.54, 1.807) is 12.1 Å². The largest absolute Gasteiger partial charge is 0.375 e. The Hall–Kier alpha value is -2.40. The van der Waals surface area contributed by atoms with Crippen LogP contribution < -0.4 is 10.2 Å². The molecule has 2 rings (SSSR count). The summed E-state index contributed by atoms with van der Waals surface area (Å²) >= 11 is 0. The van der Waals surface area contributed by atoms with Crippen LogP contribution in [0.1, 0.15) is 12.0 Å². The van der Waals surface area contributed by atoms with Gasteiger partial charge in [-0.25, -0.2) is 4.39 Å². The first-order valence-electron chi connectivity index (χ1n) is 8.50. The lowest BCUT2D eigenvalue weighted by atomic mass is 10.2. The molecule has 134 valence electrons. The number of nitrogens with one attached hydrogen (secondary N) is 1. The van der Waals surface area contributed by atoms with Crippen LogP contribution in [0.3, 0.4) is 0 Å². The van der Waals surface area contributed by atoms with E-state index in [-0.39, 0.29) is 11.7 Å². The highest BCUT2D eigenvalue weighted by Gasteiger charge is 2.07. The lowest BCUT2D eigenvalue weighted by Gasteiger charge is -2.20. The Kier molecular flexibility index (Phi) is 7.41. The number of para-hydroxylation sites is 1. The van der Waals surface area contributed by atoms with Crippen molar-refractivity contribution in [3.8, 4) is 0 Å². The monoisotopic (exact) mass is 343 g/mol. The van der Waals surface area contributed by atoms with E-state index in [9.17, 15) is 9.18 Å². The van der Waals surface area contributed by atoms with E-state index in [1.165, 1.54) is 17.8 Å². The van der Waals surface area contributed by atoms with Gasteiger partial charge in [0.1, 0.15) is 5.82 Å². The molecule has 4 nitrogen and oxygen atoms in total. The summed E-state index contributed by atoms with van der Waals surface area (Å²) in [4.78, 5) is 16.1. The number of likely N-dealkylation sites (N-methyl/N-ethyl adjacent to an activating group) is 1. The van der Waals surface area contributed by atoms with Crippen LogP contribution in [0.15, 0.2) is 54.6 Å². The van der Waals surface area contributed by atoms with E-state index < -0.39 is 0 Å².